The lowest BCUT2D eigenvalue weighted by molar-refractivity contribution is -0.139. The third-order valence-corrected chi connectivity index (χ3v) is 8.42. The lowest BCUT2D eigenvalue weighted by Gasteiger charge is -2.28. The maximum absolute atomic E-state index is 14.0. The molecule has 2 N–H and O–H groups in total. The van der Waals surface area contributed by atoms with Gasteiger partial charge in [-0.3, -0.25) is 14.4 Å². The van der Waals surface area contributed by atoms with Gasteiger partial charge in [0, 0.05) is 29.9 Å². The van der Waals surface area contributed by atoms with Crippen LogP contribution in [0.25, 0.3) is 0 Å². The number of carbonyl (C=O) groups excluding carboxylic acids is 2. The van der Waals surface area contributed by atoms with Gasteiger partial charge in [0.15, 0.2) is 5.60 Å². The molecular formula is C34H35N5O5. The van der Waals surface area contributed by atoms with Crippen molar-refractivity contribution in [1.82, 2.24) is 15.0 Å². The number of fused-ring (bicyclic) bond motifs is 1. The maximum atomic E-state index is 14.0. The quantitative estimate of drug-likeness (QED) is 0.248. The SMILES string of the molecule is C[C@@H](/C=C/CCn1cc(C(CO)c2ccccc2)nn1)[C@]1(O)C(=O)N(Cc2ccccc2)c2ccc(N3CCOC3=O)cc21. The smallest absolute Gasteiger partial charge is 0.414 e. The molecule has 1 fully saturated rings. The number of allylic oxidation sites excluding steroid dienone is 1. The molecule has 4 aromatic rings. The van der Waals surface area contributed by atoms with E-state index in [1.165, 1.54) is 4.90 Å². The van der Waals surface area contributed by atoms with Crippen LogP contribution in [0, 0.1) is 5.92 Å². The molecule has 3 heterocycles. The first kappa shape index (κ1) is 29.3. The summed E-state index contributed by atoms with van der Waals surface area (Å²) < 4.78 is 6.84. The number of ether oxygens (including phenoxy) is 1. The van der Waals surface area contributed by atoms with E-state index in [0.29, 0.717) is 55.3 Å². The molecule has 44 heavy (non-hydrogen) atoms. The zero-order valence-corrected chi connectivity index (χ0v) is 24.5. The van der Waals surface area contributed by atoms with Gasteiger partial charge in [0.25, 0.3) is 5.91 Å². The lowest BCUT2D eigenvalue weighted by atomic mass is 9.82. The second-order valence-electron chi connectivity index (χ2n) is 11.2. The highest BCUT2D eigenvalue weighted by molar-refractivity contribution is 6.08. The number of cyclic esters (lactones) is 1. The van der Waals surface area contributed by atoms with Crippen LogP contribution in [0.2, 0.25) is 0 Å². The first-order chi connectivity index (χ1) is 21.4. The Morgan fingerprint density at radius 1 is 1.05 bits per heavy atom. The highest BCUT2D eigenvalue weighted by atomic mass is 16.6. The van der Waals surface area contributed by atoms with Crippen LogP contribution in [0.3, 0.4) is 0 Å². The largest absolute Gasteiger partial charge is 0.447 e. The molecule has 2 aliphatic heterocycles. The van der Waals surface area contributed by atoms with Crippen molar-refractivity contribution in [2.45, 2.75) is 38.0 Å². The number of aliphatic hydroxyl groups is 2. The highest BCUT2D eigenvalue weighted by Crippen LogP contribution is 2.47. The predicted molar refractivity (Wildman–Crippen MR) is 165 cm³/mol. The van der Waals surface area contributed by atoms with Gasteiger partial charge in [0.05, 0.1) is 37.0 Å². The number of anilines is 2. The van der Waals surface area contributed by atoms with E-state index in [2.05, 4.69) is 10.3 Å². The van der Waals surface area contributed by atoms with Crippen molar-refractivity contribution < 1.29 is 24.5 Å². The van der Waals surface area contributed by atoms with Crippen LogP contribution in [-0.2, 0) is 28.2 Å². The van der Waals surface area contributed by atoms with Crippen molar-refractivity contribution in [3.63, 3.8) is 0 Å². The van der Waals surface area contributed by atoms with Crippen molar-refractivity contribution in [2.75, 3.05) is 29.6 Å². The summed E-state index contributed by atoms with van der Waals surface area (Å²) in [6.07, 6.45) is 5.76. The minimum atomic E-state index is -1.83. The molecular weight excluding hydrogens is 558 g/mol. The van der Waals surface area contributed by atoms with Crippen LogP contribution in [0.4, 0.5) is 16.2 Å². The van der Waals surface area contributed by atoms with Crippen molar-refractivity contribution in [2.24, 2.45) is 5.92 Å². The van der Waals surface area contributed by atoms with Crippen molar-refractivity contribution in [3.8, 4) is 0 Å². The monoisotopic (exact) mass is 593 g/mol. The van der Waals surface area contributed by atoms with Crippen LogP contribution in [0.5, 0.6) is 0 Å². The summed E-state index contributed by atoms with van der Waals surface area (Å²) in [7, 11) is 0. The van der Waals surface area contributed by atoms with Crippen molar-refractivity contribution >= 4 is 23.4 Å². The molecule has 1 saturated heterocycles. The Hall–Kier alpha value is -4.80. The first-order valence-electron chi connectivity index (χ1n) is 14.8. The van der Waals surface area contributed by atoms with Gasteiger partial charge in [0.2, 0.25) is 0 Å². The average molecular weight is 594 g/mol. The number of hydrogen-bond donors (Lipinski definition) is 2. The third kappa shape index (κ3) is 5.49. The average Bonchev–Trinajstić information content (AvgIpc) is 3.75. The predicted octanol–water partition coefficient (Wildman–Crippen LogP) is 4.38. The Morgan fingerprint density at radius 3 is 2.50 bits per heavy atom. The first-order valence-corrected chi connectivity index (χ1v) is 14.8. The summed E-state index contributed by atoms with van der Waals surface area (Å²) in [6, 6.07) is 24.7. The van der Waals surface area contributed by atoms with E-state index < -0.39 is 23.5 Å². The third-order valence-electron chi connectivity index (χ3n) is 8.42. The standard InChI is InChI=1S/C34H35N5O5/c1-24(10-8-9-17-37-22-30(35-36-37)28(23-40)26-13-6-3-7-14-26)34(43)29-20-27(38-18-19-44-33(38)42)15-16-31(29)39(32(34)41)21-25-11-4-2-5-12-25/h2-8,10-16,20,22,24,28,40,43H,9,17-19,21,23H2,1H3/b10-8+/t24-,28?,34+/m0/s1. The number of hydrogen-bond acceptors (Lipinski definition) is 7. The van der Waals surface area contributed by atoms with Crippen molar-refractivity contribution in [3.05, 3.63) is 120 Å². The number of aromatic nitrogens is 3. The van der Waals surface area contributed by atoms with Crippen LogP contribution >= 0.6 is 0 Å². The number of aryl methyl sites for hydroxylation is 1. The summed E-state index contributed by atoms with van der Waals surface area (Å²) in [5.41, 5.74) is 2.43. The van der Waals surface area contributed by atoms with Gasteiger partial charge in [-0.15, -0.1) is 5.10 Å². The van der Waals surface area contributed by atoms with Gasteiger partial charge in [-0.05, 0) is 35.7 Å². The van der Waals surface area contributed by atoms with E-state index in [0.717, 1.165) is 11.1 Å². The summed E-state index contributed by atoms with van der Waals surface area (Å²) in [5.74, 6) is -1.24. The summed E-state index contributed by atoms with van der Waals surface area (Å²) >= 11 is 0. The molecule has 3 aromatic carbocycles. The molecule has 2 aliphatic rings. The molecule has 0 spiro atoms. The molecule has 10 nitrogen and oxygen atoms in total. The zero-order valence-electron chi connectivity index (χ0n) is 24.5. The molecule has 226 valence electrons. The van der Waals surface area contributed by atoms with Crippen molar-refractivity contribution in [1.29, 1.82) is 0 Å². The molecule has 6 rings (SSSR count). The van der Waals surface area contributed by atoms with Gasteiger partial charge in [-0.2, -0.15) is 0 Å². The lowest BCUT2D eigenvalue weighted by Crippen LogP contribution is -2.44. The van der Waals surface area contributed by atoms with Crippen LogP contribution in [0.15, 0.2) is 97.2 Å². The zero-order chi connectivity index (χ0) is 30.7. The Morgan fingerprint density at radius 2 is 1.80 bits per heavy atom. The molecule has 2 amide bonds. The minimum Gasteiger partial charge on any atom is -0.447 e. The molecule has 0 bridgehead atoms. The van der Waals surface area contributed by atoms with E-state index in [-0.39, 0.29) is 12.5 Å². The number of nitrogens with zero attached hydrogens (tertiary/aromatic N) is 5. The van der Waals surface area contributed by atoms with E-state index >= 15 is 0 Å². The number of carbonyl (C=O) groups is 2. The molecule has 0 aliphatic carbocycles. The Balaban J connectivity index is 1.20. The Bertz CT molecular complexity index is 1660. The van der Waals surface area contributed by atoms with Crippen LogP contribution in [-0.4, -0.2) is 57.0 Å². The highest BCUT2D eigenvalue weighted by Gasteiger charge is 2.52. The van der Waals surface area contributed by atoms with E-state index in [1.54, 1.807) is 27.8 Å². The second-order valence-corrected chi connectivity index (χ2v) is 11.2. The van der Waals surface area contributed by atoms with Gasteiger partial charge < -0.3 is 19.8 Å². The summed E-state index contributed by atoms with van der Waals surface area (Å²) in [5, 5.41) is 30.6. The van der Waals surface area contributed by atoms with Crippen LogP contribution in [0.1, 0.15) is 41.6 Å². The van der Waals surface area contributed by atoms with Gasteiger partial charge in [0.1, 0.15) is 6.61 Å². The van der Waals surface area contributed by atoms with Crippen LogP contribution < -0.4 is 9.80 Å². The maximum Gasteiger partial charge on any atom is 0.414 e. The number of aliphatic hydroxyl groups excluding tert-OH is 1. The molecule has 10 heteroatoms. The van der Waals surface area contributed by atoms with Gasteiger partial charge in [-0.1, -0.05) is 85.0 Å². The summed E-state index contributed by atoms with van der Waals surface area (Å²) in [4.78, 5) is 29.4. The molecule has 3 atom stereocenters. The topological polar surface area (TPSA) is 121 Å². The Labute approximate surface area is 255 Å². The van der Waals surface area contributed by atoms with Gasteiger partial charge in [-0.25, -0.2) is 4.79 Å². The number of benzene rings is 3. The molecule has 0 saturated carbocycles. The molecule has 1 unspecified atom stereocenters. The van der Waals surface area contributed by atoms with E-state index in [4.69, 9.17) is 4.74 Å². The summed E-state index contributed by atoms with van der Waals surface area (Å²) in [6.45, 7) is 3.28. The number of rotatable bonds is 11. The Kier molecular flexibility index (Phi) is 8.28. The normalized spacial score (nSPS) is 19.4. The van der Waals surface area contributed by atoms with E-state index in [1.807, 2.05) is 85.9 Å². The molecule has 1 aromatic heterocycles. The number of amides is 2. The minimum absolute atomic E-state index is 0.0733. The fourth-order valence-electron chi connectivity index (χ4n) is 5.94. The second kappa shape index (κ2) is 12.4. The fraction of sp³-hybridized carbons (Fsp3) is 0.294. The van der Waals surface area contributed by atoms with E-state index in [9.17, 15) is 19.8 Å². The molecule has 0 radical (unpaired) electrons. The van der Waals surface area contributed by atoms with Gasteiger partial charge >= 0.3 is 6.09 Å². The fourth-order valence-corrected chi connectivity index (χ4v) is 5.94.